The zero-order valence-corrected chi connectivity index (χ0v) is 8.78. The topological polar surface area (TPSA) is 54.4 Å². The Hall–Kier alpha value is -0.580. The van der Waals surface area contributed by atoms with Crippen molar-refractivity contribution in [2.24, 2.45) is 0 Å². The standard InChI is InChI=1S/C8H9ClO3S/c1-5-4-8(13(10,11)12)6(2)3-7(5)9/h3-4H,1-2H3,(H,10,11,12). The molecule has 5 heteroatoms. The van der Waals surface area contributed by atoms with Gasteiger partial charge in [-0.25, -0.2) is 0 Å². The molecule has 0 aromatic heterocycles. The van der Waals surface area contributed by atoms with Gasteiger partial charge in [0.2, 0.25) is 0 Å². The molecule has 0 aliphatic rings. The van der Waals surface area contributed by atoms with Crippen LogP contribution in [0.5, 0.6) is 0 Å². The van der Waals surface area contributed by atoms with Crippen molar-refractivity contribution < 1.29 is 13.0 Å². The fourth-order valence-corrected chi connectivity index (χ4v) is 2.04. The van der Waals surface area contributed by atoms with Crippen molar-refractivity contribution in [3.63, 3.8) is 0 Å². The Morgan fingerprint density at radius 3 is 2.23 bits per heavy atom. The molecule has 1 N–H and O–H groups in total. The van der Waals surface area contributed by atoms with Crippen LogP contribution in [0.1, 0.15) is 11.1 Å². The molecule has 1 aromatic carbocycles. The molecule has 72 valence electrons. The van der Waals surface area contributed by atoms with Gasteiger partial charge < -0.3 is 0 Å². The fourth-order valence-electron chi connectivity index (χ4n) is 1.03. The molecule has 0 aliphatic heterocycles. The number of halogens is 1. The molecule has 0 heterocycles. The van der Waals surface area contributed by atoms with Gasteiger partial charge in [0.25, 0.3) is 10.1 Å². The van der Waals surface area contributed by atoms with Crippen LogP contribution in [0.4, 0.5) is 0 Å². The van der Waals surface area contributed by atoms with Crippen LogP contribution in [-0.4, -0.2) is 13.0 Å². The molecule has 13 heavy (non-hydrogen) atoms. The molecule has 1 rings (SSSR count). The van der Waals surface area contributed by atoms with Gasteiger partial charge in [-0.05, 0) is 37.1 Å². The van der Waals surface area contributed by atoms with Crippen LogP contribution < -0.4 is 0 Å². The summed E-state index contributed by atoms with van der Waals surface area (Å²) in [6.07, 6.45) is 0. The minimum atomic E-state index is -4.13. The van der Waals surface area contributed by atoms with Crippen LogP contribution >= 0.6 is 11.6 Å². The van der Waals surface area contributed by atoms with E-state index in [-0.39, 0.29) is 4.90 Å². The zero-order chi connectivity index (χ0) is 10.2. The average Bonchev–Trinajstić information content (AvgIpc) is 1.94. The van der Waals surface area contributed by atoms with E-state index in [4.69, 9.17) is 16.2 Å². The van der Waals surface area contributed by atoms with Crippen LogP contribution in [0.25, 0.3) is 0 Å². The van der Waals surface area contributed by atoms with Crippen LogP contribution in [0.3, 0.4) is 0 Å². The average molecular weight is 221 g/mol. The van der Waals surface area contributed by atoms with E-state index in [0.29, 0.717) is 16.1 Å². The van der Waals surface area contributed by atoms with Gasteiger partial charge in [-0.2, -0.15) is 8.42 Å². The number of rotatable bonds is 1. The molecule has 0 bridgehead atoms. The second kappa shape index (κ2) is 3.29. The highest BCUT2D eigenvalue weighted by Gasteiger charge is 2.14. The third-order valence-corrected chi connectivity index (χ3v) is 3.14. The van der Waals surface area contributed by atoms with E-state index >= 15 is 0 Å². The van der Waals surface area contributed by atoms with Gasteiger partial charge in [0.1, 0.15) is 0 Å². The maximum absolute atomic E-state index is 10.8. The molecule has 0 spiro atoms. The highest BCUT2D eigenvalue weighted by Crippen LogP contribution is 2.23. The SMILES string of the molecule is Cc1cc(S(=O)(=O)O)c(C)cc1Cl. The summed E-state index contributed by atoms with van der Waals surface area (Å²) in [5.41, 5.74) is 1.07. The van der Waals surface area contributed by atoms with E-state index < -0.39 is 10.1 Å². The van der Waals surface area contributed by atoms with Crippen LogP contribution in [0, 0.1) is 13.8 Å². The lowest BCUT2D eigenvalue weighted by Crippen LogP contribution is -2.01. The second-order valence-corrected chi connectivity index (χ2v) is 4.64. The molecular weight excluding hydrogens is 212 g/mol. The number of aryl methyl sites for hydroxylation is 2. The maximum Gasteiger partial charge on any atom is 0.294 e. The highest BCUT2D eigenvalue weighted by atomic mass is 35.5. The van der Waals surface area contributed by atoms with Crippen molar-refractivity contribution in [2.75, 3.05) is 0 Å². The lowest BCUT2D eigenvalue weighted by Gasteiger charge is -2.05. The summed E-state index contributed by atoms with van der Waals surface area (Å²) in [4.78, 5) is -0.0885. The summed E-state index contributed by atoms with van der Waals surface area (Å²) in [5, 5.41) is 0.491. The monoisotopic (exact) mass is 220 g/mol. The van der Waals surface area contributed by atoms with E-state index in [0.717, 1.165) is 0 Å². The second-order valence-electron chi connectivity index (χ2n) is 2.84. The zero-order valence-electron chi connectivity index (χ0n) is 7.20. The Labute approximate surface area is 82.1 Å². The smallest absolute Gasteiger partial charge is 0.282 e. The van der Waals surface area contributed by atoms with Gasteiger partial charge in [-0.15, -0.1) is 0 Å². The van der Waals surface area contributed by atoms with Gasteiger partial charge in [-0.1, -0.05) is 11.6 Å². The summed E-state index contributed by atoms with van der Waals surface area (Å²) in [6.45, 7) is 3.25. The van der Waals surface area contributed by atoms with E-state index in [2.05, 4.69) is 0 Å². The first-order valence-electron chi connectivity index (χ1n) is 3.56. The Balaban J connectivity index is 3.50. The molecular formula is C8H9ClO3S. The van der Waals surface area contributed by atoms with Gasteiger partial charge in [0, 0.05) is 5.02 Å². The molecule has 0 radical (unpaired) electrons. The first-order chi connectivity index (χ1) is 5.82. The van der Waals surface area contributed by atoms with E-state index in [1.807, 2.05) is 0 Å². The normalized spacial score (nSPS) is 11.7. The predicted octanol–water partition coefficient (Wildman–Crippen LogP) is 2.20. The molecule has 0 fully saturated rings. The van der Waals surface area contributed by atoms with Gasteiger partial charge in [-0.3, -0.25) is 4.55 Å². The summed E-state index contributed by atoms with van der Waals surface area (Å²) < 4.78 is 30.5. The Morgan fingerprint density at radius 2 is 1.77 bits per heavy atom. The van der Waals surface area contributed by atoms with Crippen LogP contribution in [-0.2, 0) is 10.1 Å². The number of hydrogen-bond donors (Lipinski definition) is 1. The van der Waals surface area contributed by atoms with Crippen molar-refractivity contribution in [1.29, 1.82) is 0 Å². The highest BCUT2D eigenvalue weighted by molar-refractivity contribution is 7.85. The van der Waals surface area contributed by atoms with Crippen molar-refractivity contribution in [1.82, 2.24) is 0 Å². The molecule has 0 aliphatic carbocycles. The summed E-state index contributed by atoms with van der Waals surface area (Å²) in [5.74, 6) is 0. The van der Waals surface area contributed by atoms with Crippen molar-refractivity contribution in [3.8, 4) is 0 Å². The first kappa shape index (κ1) is 10.5. The third kappa shape index (κ3) is 2.21. The Kier molecular flexibility index (Phi) is 2.66. The molecule has 0 atom stereocenters. The maximum atomic E-state index is 10.8. The lowest BCUT2D eigenvalue weighted by atomic mass is 10.2. The largest absolute Gasteiger partial charge is 0.294 e. The van der Waals surface area contributed by atoms with Crippen molar-refractivity contribution in [3.05, 3.63) is 28.3 Å². The van der Waals surface area contributed by atoms with Gasteiger partial charge in [0.15, 0.2) is 0 Å². The molecule has 3 nitrogen and oxygen atoms in total. The summed E-state index contributed by atoms with van der Waals surface area (Å²) in [7, 11) is -4.13. The Bertz CT molecular complexity index is 437. The van der Waals surface area contributed by atoms with Gasteiger partial charge >= 0.3 is 0 Å². The molecule has 0 unspecified atom stereocenters. The number of benzene rings is 1. The predicted molar refractivity (Wildman–Crippen MR) is 50.7 cm³/mol. The lowest BCUT2D eigenvalue weighted by molar-refractivity contribution is 0.482. The van der Waals surface area contributed by atoms with Gasteiger partial charge in [0.05, 0.1) is 4.90 Å². The number of hydrogen-bond acceptors (Lipinski definition) is 2. The van der Waals surface area contributed by atoms with E-state index in [9.17, 15) is 8.42 Å². The van der Waals surface area contributed by atoms with E-state index in [1.165, 1.54) is 12.1 Å². The quantitative estimate of drug-likeness (QED) is 0.739. The van der Waals surface area contributed by atoms with Crippen molar-refractivity contribution in [2.45, 2.75) is 18.7 Å². The summed E-state index contributed by atoms with van der Waals surface area (Å²) in [6, 6.07) is 2.87. The van der Waals surface area contributed by atoms with Crippen LogP contribution in [0.2, 0.25) is 5.02 Å². The fraction of sp³-hybridized carbons (Fsp3) is 0.250. The minimum Gasteiger partial charge on any atom is -0.282 e. The molecule has 1 aromatic rings. The minimum absolute atomic E-state index is 0.0885. The van der Waals surface area contributed by atoms with E-state index in [1.54, 1.807) is 13.8 Å². The Morgan fingerprint density at radius 1 is 1.23 bits per heavy atom. The molecule has 0 amide bonds. The molecule has 0 saturated heterocycles. The first-order valence-corrected chi connectivity index (χ1v) is 5.38. The molecule has 0 saturated carbocycles. The van der Waals surface area contributed by atoms with Crippen molar-refractivity contribution >= 4 is 21.7 Å². The summed E-state index contributed by atoms with van der Waals surface area (Å²) >= 11 is 5.76. The van der Waals surface area contributed by atoms with Crippen LogP contribution in [0.15, 0.2) is 17.0 Å². The third-order valence-electron chi connectivity index (χ3n) is 1.73.